The summed E-state index contributed by atoms with van der Waals surface area (Å²) in [6.07, 6.45) is 0.802. The van der Waals surface area contributed by atoms with Crippen LogP contribution in [0.1, 0.15) is 22.3 Å². The van der Waals surface area contributed by atoms with Crippen LogP contribution in [-0.2, 0) is 10.3 Å². The molecule has 0 bridgehead atoms. The lowest BCUT2D eigenvalue weighted by atomic mass is 9.91. The number of rotatable bonds is 0. The number of phenolic OH excluding ortho intramolecular Hbond substituents is 1. The van der Waals surface area contributed by atoms with Gasteiger partial charge >= 0.3 is 5.97 Å². The summed E-state index contributed by atoms with van der Waals surface area (Å²) < 4.78 is 5.42. The fourth-order valence-corrected chi connectivity index (χ4v) is 2.37. The summed E-state index contributed by atoms with van der Waals surface area (Å²) in [6, 6.07) is 4.86. The maximum atomic E-state index is 11.6. The molecule has 0 aromatic heterocycles. The standard InChI is InChI=1S/C11H11NO3/c13-7-1-2-9-8(5-7)10(14)15-11(9)3-4-12-6-11/h1-2,5,12-13H,3-4,6H2. The Balaban J connectivity index is 2.17. The van der Waals surface area contributed by atoms with Crippen LogP contribution in [-0.4, -0.2) is 24.2 Å². The molecule has 0 saturated carbocycles. The maximum Gasteiger partial charge on any atom is 0.339 e. The van der Waals surface area contributed by atoms with E-state index in [-0.39, 0.29) is 11.7 Å². The average molecular weight is 205 g/mol. The molecule has 15 heavy (non-hydrogen) atoms. The normalized spacial score (nSPS) is 28.1. The molecule has 1 aromatic carbocycles. The Bertz CT molecular complexity index is 435. The summed E-state index contributed by atoms with van der Waals surface area (Å²) in [7, 11) is 0. The highest BCUT2D eigenvalue weighted by Crippen LogP contribution is 2.41. The SMILES string of the molecule is O=C1OC2(CCNC2)c2ccc(O)cc21. The van der Waals surface area contributed by atoms with Gasteiger partial charge in [0.1, 0.15) is 5.75 Å². The second-order valence-electron chi connectivity index (χ2n) is 4.04. The van der Waals surface area contributed by atoms with Gasteiger partial charge in [-0.3, -0.25) is 0 Å². The van der Waals surface area contributed by atoms with Gasteiger partial charge in [0.15, 0.2) is 5.60 Å². The zero-order valence-corrected chi connectivity index (χ0v) is 8.12. The van der Waals surface area contributed by atoms with E-state index in [1.807, 2.05) is 0 Å². The van der Waals surface area contributed by atoms with E-state index in [4.69, 9.17) is 4.74 Å². The minimum Gasteiger partial charge on any atom is -0.508 e. The molecule has 1 saturated heterocycles. The van der Waals surface area contributed by atoms with Crippen LogP contribution < -0.4 is 5.32 Å². The number of fused-ring (bicyclic) bond motifs is 2. The van der Waals surface area contributed by atoms with Gasteiger partial charge in [0.25, 0.3) is 0 Å². The maximum absolute atomic E-state index is 11.6. The number of aromatic hydroxyl groups is 1. The lowest BCUT2D eigenvalue weighted by Gasteiger charge is -2.21. The first-order valence-electron chi connectivity index (χ1n) is 4.99. The molecule has 3 rings (SSSR count). The first-order valence-corrected chi connectivity index (χ1v) is 4.99. The number of carbonyl (C=O) groups is 1. The number of carbonyl (C=O) groups excluding carboxylic acids is 1. The third-order valence-electron chi connectivity index (χ3n) is 3.12. The number of ether oxygens (including phenoxy) is 1. The fraction of sp³-hybridized carbons (Fsp3) is 0.364. The van der Waals surface area contributed by atoms with E-state index in [2.05, 4.69) is 5.32 Å². The Hall–Kier alpha value is -1.55. The van der Waals surface area contributed by atoms with Crippen LogP contribution in [0.15, 0.2) is 18.2 Å². The second-order valence-corrected chi connectivity index (χ2v) is 4.04. The van der Waals surface area contributed by atoms with Crippen molar-refractivity contribution in [2.45, 2.75) is 12.0 Å². The summed E-state index contributed by atoms with van der Waals surface area (Å²) in [5, 5.41) is 12.5. The molecule has 0 radical (unpaired) electrons. The summed E-state index contributed by atoms with van der Waals surface area (Å²) >= 11 is 0. The van der Waals surface area contributed by atoms with E-state index in [0.717, 1.165) is 18.5 Å². The van der Waals surface area contributed by atoms with Gasteiger partial charge < -0.3 is 15.2 Å². The molecule has 1 atom stereocenters. The number of phenols is 1. The monoisotopic (exact) mass is 205 g/mol. The highest BCUT2D eigenvalue weighted by atomic mass is 16.6. The largest absolute Gasteiger partial charge is 0.508 e. The Kier molecular flexibility index (Phi) is 1.59. The molecule has 0 aliphatic carbocycles. The van der Waals surface area contributed by atoms with Crippen molar-refractivity contribution in [1.82, 2.24) is 5.32 Å². The highest BCUT2D eigenvalue weighted by Gasteiger charge is 2.47. The number of hydrogen-bond donors (Lipinski definition) is 2. The Morgan fingerprint density at radius 1 is 1.47 bits per heavy atom. The van der Waals surface area contributed by atoms with Crippen LogP contribution >= 0.6 is 0 Å². The summed E-state index contributed by atoms with van der Waals surface area (Å²) in [4.78, 5) is 11.6. The summed E-state index contributed by atoms with van der Waals surface area (Å²) in [5.41, 5.74) is 0.911. The van der Waals surface area contributed by atoms with Crippen LogP contribution in [0.5, 0.6) is 5.75 Å². The molecule has 2 aliphatic rings. The van der Waals surface area contributed by atoms with Gasteiger partial charge in [-0.1, -0.05) is 6.07 Å². The minimum absolute atomic E-state index is 0.105. The van der Waals surface area contributed by atoms with Crippen LogP contribution in [0.3, 0.4) is 0 Å². The van der Waals surface area contributed by atoms with Gasteiger partial charge in [0.2, 0.25) is 0 Å². The van der Waals surface area contributed by atoms with Crippen LogP contribution in [0.2, 0.25) is 0 Å². The van der Waals surface area contributed by atoms with E-state index in [9.17, 15) is 9.90 Å². The van der Waals surface area contributed by atoms with Crippen molar-refractivity contribution in [3.8, 4) is 5.75 Å². The molecule has 2 aliphatic heterocycles. The van der Waals surface area contributed by atoms with Crippen molar-refractivity contribution >= 4 is 5.97 Å². The molecule has 1 fully saturated rings. The van der Waals surface area contributed by atoms with Crippen molar-refractivity contribution < 1.29 is 14.6 Å². The minimum atomic E-state index is -0.486. The third-order valence-corrected chi connectivity index (χ3v) is 3.12. The predicted octanol–water partition coefficient (Wildman–Crippen LogP) is 0.751. The molecule has 1 aromatic rings. The number of hydrogen-bond acceptors (Lipinski definition) is 4. The van der Waals surface area contributed by atoms with E-state index < -0.39 is 5.60 Å². The van der Waals surface area contributed by atoms with E-state index >= 15 is 0 Å². The average Bonchev–Trinajstić information content (AvgIpc) is 2.76. The fourth-order valence-electron chi connectivity index (χ4n) is 2.37. The Morgan fingerprint density at radius 2 is 2.33 bits per heavy atom. The third kappa shape index (κ3) is 1.08. The van der Waals surface area contributed by atoms with Crippen LogP contribution in [0, 0.1) is 0 Å². The van der Waals surface area contributed by atoms with E-state index in [0.29, 0.717) is 12.1 Å². The van der Waals surface area contributed by atoms with Gasteiger partial charge in [-0.15, -0.1) is 0 Å². The van der Waals surface area contributed by atoms with Crippen molar-refractivity contribution in [3.05, 3.63) is 29.3 Å². The molecule has 2 N–H and O–H groups in total. The molecular formula is C11H11NO3. The molecule has 1 spiro atoms. The van der Waals surface area contributed by atoms with Crippen LogP contribution in [0.25, 0.3) is 0 Å². The molecule has 0 amide bonds. The molecule has 2 heterocycles. The van der Waals surface area contributed by atoms with Crippen molar-refractivity contribution in [2.24, 2.45) is 0 Å². The zero-order chi connectivity index (χ0) is 10.5. The summed E-state index contributed by atoms with van der Waals surface area (Å²) in [6.45, 7) is 1.52. The van der Waals surface area contributed by atoms with E-state index in [1.165, 1.54) is 6.07 Å². The quantitative estimate of drug-likeness (QED) is 0.614. The number of esters is 1. The number of nitrogens with one attached hydrogen (secondary N) is 1. The van der Waals surface area contributed by atoms with Gasteiger partial charge in [-0.05, 0) is 18.7 Å². The molecule has 78 valence electrons. The predicted molar refractivity (Wildman–Crippen MR) is 52.7 cm³/mol. The first kappa shape index (κ1) is 8.73. The Labute approximate surface area is 86.9 Å². The zero-order valence-electron chi connectivity index (χ0n) is 8.12. The topological polar surface area (TPSA) is 58.6 Å². The van der Waals surface area contributed by atoms with Crippen LogP contribution in [0.4, 0.5) is 0 Å². The number of benzene rings is 1. The Morgan fingerprint density at radius 3 is 3.07 bits per heavy atom. The van der Waals surface area contributed by atoms with Gasteiger partial charge in [0.05, 0.1) is 5.56 Å². The van der Waals surface area contributed by atoms with Gasteiger partial charge in [0, 0.05) is 18.5 Å². The van der Waals surface area contributed by atoms with Gasteiger partial charge in [-0.2, -0.15) is 0 Å². The van der Waals surface area contributed by atoms with Gasteiger partial charge in [-0.25, -0.2) is 4.79 Å². The second kappa shape index (κ2) is 2.73. The smallest absolute Gasteiger partial charge is 0.339 e. The first-order chi connectivity index (χ1) is 7.21. The molecular weight excluding hydrogens is 194 g/mol. The van der Waals surface area contributed by atoms with E-state index in [1.54, 1.807) is 12.1 Å². The van der Waals surface area contributed by atoms with Crippen molar-refractivity contribution in [2.75, 3.05) is 13.1 Å². The summed E-state index contributed by atoms with van der Waals surface area (Å²) in [5.74, 6) is -0.224. The lowest BCUT2D eigenvalue weighted by Crippen LogP contribution is -2.28. The highest BCUT2D eigenvalue weighted by molar-refractivity contribution is 5.95. The lowest BCUT2D eigenvalue weighted by molar-refractivity contribution is 0.00164. The molecule has 4 heteroatoms. The van der Waals surface area contributed by atoms with Crippen molar-refractivity contribution in [3.63, 3.8) is 0 Å². The molecule has 1 unspecified atom stereocenters. The molecule has 4 nitrogen and oxygen atoms in total. The van der Waals surface area contributed by atoms with Crippen molar-refractivity contribution in [1.29, 1.82) is 0 Å².